The molecule has 2 atom stereocenters. The third kappa shape index (κ3) is 3.67. The quantitative estimate of drug-likeness (QED) is 0.805. The van der Waals surface area contributed by atoms with Crippen LogP contribution in [0.1, 0.15) is 19.3 Å². The number of carbonyl (C=O) groups excluding carboxylic acids is 1. The van der Waals surface area contributed by atoms with E-state index in [4.69, 9.17) is 0 Å². The van der Waals surface area contributed by atoms with Crippen molar-refractivity contribution >= 4 is 23.1 Å². The molecular weight excluding hydrogens is 296 g/mol. The summed E-state index contributed by atoms with van der Waals surface area (Å²) in [7, 11) is 0. The second kappa shape index (κ2) is 6.94. The first kappa shape index (κ1) is 15.1. The normalized spacial score (nSPS) is 20.8. The second-order valence-corrected chi connectivity index (χ2v) is 6.64. The summed E-state index contributed by atoms with van der Waals surface area (Å²) in [5.74, 6) is 0.383. The number of anilines is 1. The van der Waals surface area contributed by atoms with Crippen molar-refractivity contribution in [2.24, 2.45) is 5.92 Å². The number of para-hydroxylation sites is 1. The largest absolute Gasteiger partial charge is 0.393 e. The van der Waals surface area contributed by atoms with Crippen LogP contribution in [0.3, 0.4) is 0 Å². The Bertz CT molecular complexity index is 627. The summed E-state index contributed by atoms with van der Waals surface area (Å²) in [6.07, 6.45) is 2.41. The maximum absolute atomic E-state index is 12.1. The fourth-order valence-corrected chi connectivity index (χ4v) is 3.64. The van der Waals surface area contributed by atoms with Crippen LogP contribution in [-0.2, 0) is 0 Å². The standard InChI is InChI=1S/C17H20N2O2S/c20-13-8-7-12(10-13)11-18-17(21)19-15-5-2-1-4-14(15)16-6-3-9-22-16/h1-6,9,12-13,20H,7-8,10-11H2,(H2,18,19,21)/t12-,13+/m0/s1. The fraction of sp³-hybridized carbons (Fsp3) is 0.353. The Morgan fingerprint density at radius 3 is 2.82 bits per heavy atom. The Balaban J connectivity index is 1.60. The van der Waals surface area contributed by atoms with Crippen molar-refractivity contribution in [3.8, 4) is 10.4 Å². The summed E-state index contributed by atoms with van der Waals surface area (Å²) in [6, 6.07) is 11.7. The third-order valence-corrected chi connectivity index (χ3v) is 4.93. The van der Waals surface area contributed by atoms with E-state index in [-0.39, 0.29) is 12.1 Å². The van der Waals surface area contributed by atoms with Gasteiger partial charge in [-0.3, -0.25) is 0 Å². The van der Waals surface area contributed by atoms with E-state index in [0.29, 0.717) is 12.5 Å². The van der Waals surface area contributed by atoms with Crippen LogP contribution in [0.5, 0.6) is 0 Å². The number of hydrogen-bond donors (Lipinski definition) is 3. The van der Waals surface area contributed by atoms with Crippen molar-refractivity contribution in [2.75, 3.05) is 11.9 Å². The van der Waals surface area contributed by atoms with E-state index in [1.807, 2.05) is 41.8 Å². The Morgan fingerprint density at radius 2 is 2.09 bits per heavy atom. The Kier molecular flexibility index (Phi) is 4.75. The first-order valence-corrected chi connectivity index (χ1v) is 8.46. The van der Waals surface area contributed by atoms with Gasteiger partial charge in [-0.05, 0) is 42.7 Å². The highest BCUT2D eigenvalue weighted by molar-refractivity contribution is 7.13. The van der Waals surface area contributed by atoms with Crippen LogP contribution in [0.25, 0.3) is 10.4 Å². The summed E-state index contributed by atoms with van der Waals surface area (Å²) < 4.78 is 0. The number of benzene rings is 1. The first-order chi connectivity index (χ1) is 10.7. The molecule has 2 amide bonds. The lowest BCUT2D eigenvalue weighted by Gasteiger charge is -2.13. The van der Waals surface area contributed by atoms with E-state index < -0.39 is 0 Å². The highest BCUT2D eigenvalue weighted by Gasteiger charge is 2.23. The van der Waals surface area contributed by atoms with Gasteiger partial charge in [-0.25, -0.2) is 4.79 Å². The number of thiophene rings is 1. The summed E-state index contributed by atoms with van der Waals surface area (Å²) in [6.45, 7) is 0.615. The highest BCUT2D eigenvalue weighted by atomic mass is 32.1. The topological polar surface area (TPSA) is 61.4 Å². The van der Waals surface area contributed by atoms with Gasteiger partial charge in [-0.1, -0.05) is 24.3 Å². The number of amides is 2. The molecule has 1 saturated carbocycles. The number of urea groups is 1. The van der Waals surface area contributed by atoms with Crippen LogP contribution in [0.4, 0.5) is 10.5 Å². The first-order valence-electron chi connectivity index (χ1n) is 7.58. The van der Waals surface area contributed by atoms with Crippen LogP contribution in [0, 0.1) is 5.92 Å². The van der Waals surface area contributed by atoms with Gasteiger partial charge in [0.2, 0.25) is 0 Å². The van der Waals surface area contributed by atoms with Gasteiger partial charge in [0.15, 0.2) is 0 Å². The second-order valence-electron chi connectivity index (χ2n) is 5.69. The molecule has 22 heavy (non-hydrogen) atoms. The van der Waals surface area contributed by atoms with Gasteiger partial charge in [-0.2, -0.15) is 0 Å². The molecule has 3 N–H and O–H groups in total. The van der Waals surface area contributed by atoms with Gasteiger partial charge in [0.25, 0.3) is 0 Å². The van der Waals surface area contributed by atoms with Crippen LogP contribution >= 0.6 is 11.3 Å². The molecule has 5 heteroatoms. The van der Waals surface area contributed by atoms with Crippen molar-refractivity contribution < 1.29 is 9.90 Å². The van der Waals surface area contributed by atoms with Gasteiger partial charge in [0.05, 0.1) is 11.8 Å². The zero-order valence-electron chi connectivity index (χ0n) is 12.3. The molecule has 4 nitrogen and oxygen atoms in total. The zero-order valence-corrected chi connectivity index (χ0v) is 13.1. The Morgan fingerprint density at radius 1 is 1.23 bits per heavy atom. The lowest BCUT2D eigenvalue weighted by molar-refractivity contribution is 0.177. The number of nitrogens with one attached hydrogen (secondary N) is 2. The number of hydrogen-bond acceptors (Lipinski definition) is 3. The zero-order chi connectivity index (χ0) is 15.4. The maximum atomic E-state index is 12.1. The van der Waals surface area contributed by atoms with Gasteiger partial charge in [0, 0.05) is 17.0 Å². The Hall–Kier alpha value is -1.85. The molecule has 1 aromatic carbocycles. The van der Waals surface area contributed by atoms with Crippen LogP contribution < -0.4 is 10.6 Å². The van der Waals surface area contributed by atoms with Gasteiger partial charge < -0.3 is 15.7 Å². The summed E-state index contributed by atoms with van der Waals surface area (Å²) in [5, 5.41) is 17.4. The maximum Gasteiger partial charge on any atom is 0.319 e. The molecule has 0 radical (unpaired) electrons. The summed E-state index contributed by atoms with van der Waals surface area (Å²) in [5.41, 5.74) is 1.85. The summed E-state index contributed by atoms with van der Waals surface area (Å²) in [4.78, 5) is 13.2. The van der Waals surface area contributed by atoms with Crippen LogP contribution in [-0.4, -0.2) is 23.8 Å². The molecule has 1 aliphatic carbocycles. The van der Waals surface area contributed by atoms with Crippen molar-refractivity contribution in [3.63, 3.8) is 0 Å². The molecule has 1 heterocycles. The lowest BCUT2D eigenvalue weighted by atomic mass is 10.1. The minimum Gasteiger partial charge on any atom is -0.393 e. The SMILES string of the molecule is O=C(NC[C@H]1CC[C@@H](O)C1)Nc1ccccc1-c1cccs1. The van der Waals surface area contributed by atoms with Crippen molar-refractivity contribution in [2.45, 2.75) is 25.4 Å². The molecule has 0 unspecified atom stereocenters. The average Bonchev–Trinajstić information content (AvgIpc) is 3.17. The van der Waals surface area contributed by atoms with E-state index in [2.05, 4.69) is 10.6 Å². The molecule has 1 fully saturated rings. The monoisotopic (exact) mass is 316 g/mol. The molecule has 1 aliphatic rings. The fourth-order valence-electron chi connectivity index (χ4n) is 2.88. The molecule has 0 bridgehead atoms. The third-order valence-electron chi connectivity index (χ3n) is 4.03. The molecular formula is C17H20N2O2S. The van der Waals surface area contributed by atoms with E-state index in [9.17, 15) is 9.90 Å². The van der Waals surface area contributed by atoms with Gasteiger partial charge >= 0.3 is 6.03 Å². The minimum atomic E-state index is -0.200. The van der Waals surface area contributed by atoms with Crippen LogP contribution in [0.15, 0.2) is 41.8 Å². The molecule has 0 saturated heterocycles. The number of aliphatic hydroxyl groups excluding tert-OH is 1. The van der Waals surface area contributed by atoms with E-state index in [0.717, 1.165) is 35.4 Å². The molecule has 3 rings (SSSR count). The van der Waals surface area contributed by atoms with E-state index >= 15 is 0 Å². The average molecular weight is 316 g/mol. The predicted molar refractivity (Wildman–Crippen MR) is 90.1 cm³/mol. The highest BCUT2D eigenvalue weighted by Crippen LogP contribution is 2.31. The molecule has 1 aromatic heterocycles. The number of rotatable bonds is 4. The Labute approximate surface area is 134 Å². The van der Waals surface area contributed by atoms with Crippen molar-refractivity contribution in [1.82, 2.24) is 5.32 Å². The molecule has 0 aliphatic heterocycles. The smallest absolute Gasteiger partial charge is 0.319 e. The van der Waals surface area contributed by atoms with Crippen molar-refractivity contribution in [1.29, 1.82) is 0 Å². The number of aliphatic hydroxyl groups is 1. The minimum absolute atomic E-state index is 0.189. The van der Waals surface area contributed by atoms with Gasteiger partial charge in [0.1, 0.15) is 0 Å². The van der Waals surface area contributed by atoms with E-state index in [1.165, 1.54) is 0 Å². The molecule has 0 spiro atoms. The molecule has 116 valence electrons. The molecule has 2 aromatic rings. The number of carbonyl (C=O) groups is 1. The lowest BCUT2D eigenvalue weighted by Crippen LogP contribution is -2.32. The van der Waals surface area contributed by atoms with Gasteiger partial charge in [-0.15, -0.1) is 11.3 Å². The van der Waals surface area contributed by atoms with Crippen LogP contribution in [0.2, 0.25) is 0 Å². The summed E-state index contributed by atoms with van der Waals surface area (Å²) >= 11 is 1.65. The predicted octanol–water partition coefficient (Wildman–Crippen LogP) is 3.70. The van der Waals surface area contributed by atoms with E-state index in [1.54, 1.807) is 11.3 Å². The van der Waals surface area contributed by atoms with Crippen molar-refractivity contribution in [3.05, 3.63) is 41.8 Å².